The topological polar surface area (TPSA) is 66.9 Å². The van der Waals surface area contributed by atoms with Gasteiger partial charge in [-0.15, -0.1) is 11.3 Å². The standard InChI is InChI=1S/C27H30Cl2N2O4S/c1-6-30-14-8-7-9-21(25(30)33)31(24(32)19-11-10-17(28)15-20(19)29)22-16-18(12-13-27(2,3)4)36-23(22)26(34)35-5/h10-11,15-16,21H,6-9,14H2,1-5H3/t21-/m0/s1. The Hall–Kier alpha value is -2.53. The van der Waals surface area contributed by atoms with Crippen LogP contribution in [0.25, 0.3) is 0 Å². The van der Waals surface area contributed by atoms with E-state index in [0.717, 1.165) is 24.2 Å². The van der Waals surface area contributed by atoms with E-state index in [0.29, 0.717) is 29.4 Å². The van der Waals surface area contributed by atoms with E-state index >= 15 is 0 Å². The zero-order chi connectivity index (χ0) is 26.6. The monoisotopic (exact) mass is 548 g/mol. The van der Waals surface area contributed by atoms with Crippen molar-refractivity contribution in [1.82, 2.24) is 4.90 Å². The van der Waals surface area contributed by atoms with Gasteiger partial charge in [0.2, 0.25) is 5.91 Å². The molecule has 6 nitrogen and oxygen atoms in total. The van der Waals surface area contributed by atoms with Gasteiger partial charge in [0.15, 0.2) is 0 Å². The predicted octanol–water partition coefficient (Wildman–Crippen LogP) is 6.29. The van der Waals surface area contributed by atoms with Crippen molar-refractivity contribution in [2.24, 2.45) is 5.41 Å². The molecule has 1 aromatic carbocycles. The van der Waals surface area contributed by atoms with E-state index in [1.807, 2.05) is 27.7 Å². The van der Waals surface area contributed by atoms with Crippen LogP contribution in [0.1, 0.15) is 71.9 Å². The third kappa shape index (κ3) is 6.42. The van der Waals surface area contributed by atoms with Crippen molar-refractivity contribution in [3.8, 4) is 11.8 Å². The number of nitrogens with zero attached hydrogens (tertiary/aromatic N) is 2. The maximum absolute atomic E-state index is 14.1. The normalized spacial score (nSPS) is 16.1. The first kappa shape index (κ1) is 28.0. The molecule has 0 spiro atoms. The number of ether oxygens (including phenoxy) is 1. The molecule has 0 saturated carbocycles. The largest absolute Gasteiger partial charge is 0.465 e. The Kier molecular flexibility index (Phi) is 9.10. The summed E-state index contributed by atoms with van der Waals surface area (Å²) in [5, 5.41) is 0.546. The zero-order valence-corrected chi connectivity index (χ0v) is 23.4. The number of carbonyl (C=O) groups is 3. The van der Waals surface area contributed by atoms with Gasteiger partial charge in [-0.25, -0.2) is 4.79 Å². The summed E-state index contributed by atoms with van der Waals surface area (Å²) in [5.41, 5.74) is 0.212. The lowest BCUT2D eigenvalue weighted by Crippen LogP contribution is -2.50. The minimum Gasteiger partial charge on any atom is -0.465 e. The summed E-state index contributed by atoms with van der Waals surface area (Å²) in [6.07, 6.45) is 2.03. The zero-order valence-electron chi connectivity index (χ0n) is 21.1. The third-order valence-corrected chi connectivity index (χ3v) is 7.30. The molecule has 0 N–H and O–H groups in total. The number of hydrogen-bond acceptors (Lipinski definition) is 5. The number of rotatable bonds is 5. The molecule has 36 heavy (non-hydrogen) atoms. The van der Waals surface area contributed by atoms with Crippen molar-refractivity contribution in [3.63, 3.8) is 0 Å². The summed E-state index contributed by atoms with van der Waals surface area (Å²) in [7, 11) is 1.28. The Morgan fingerprint density at radius 1 is 1.22 bits per heavy atom. The second kappa shape index (κ2) is 11.7. The Morgan fingerprint density at radius 2 is 1.94 bits per heavy atom. The van der Waals surface area contributed by atoms with Crippen LogP contribution in [0.2, 0.25) is 10.0 Å². The van der Waals surface area contributed by atoms with Gasteiger partial charge in [-0.05, 0) is 71.2 Å². The maximum atomic E-state index is 14.1. The van der Waals surface area contributed by atoms with Crippen molar-refractivity contribution < 1.29 is 19.1 Å². The molecule has 9 heteroatoms. The fourth-order valence-corrected chi connectivity index (χ4v) is 5.37. The third-order valence-electron chi connectivity index (χ3n) is 5.73. The van der Waals surface area contributed by atoms with E-state index in [-0.39, 0.29) is 32.5 Å². The molecular weight excluding hydrogens is 519 g/mol. The van der Waals surface area contributed by atoms with Crippen LogP contribution in [0.5, 0.6) is 0 Å². The van der Waals surface area contributed by atoms with E-state index in [1.165, 1.54) is 24.1 Å². The summed E-state index contributed by atoms with van der Waals surface area (Å²) in [4.78, 5) is 44.5. The quantitative estimate of drug-likeness (QED) is 0.325. The van der Waals surface area contributed by atoms with Gasteiger partial charge in [0, 0.05) is 23.5 Å². The summed E-state index contributed by atoms with van der Waals surface area (Å²) in [6, 6.07) is 5.46. The van der Waals surface area contributed by atoms with Crippen LogP contribution in [-0.2, 0) is 9.53 Å². The van der Waals surface area contributed by atoms with Crippen LogP contribution in [-0.4, -0.2) is 48.9 Å². The average Bonchev–Trinajstić information content (AvgIpc) is 3.15. The molecule has 0 aliphatic carbocycles. The highest BCUT2D eigenvalue weighted by Crippen LogP contribution is 2.36. The Bertz CT molecular complexity index is 1220. The number of methoxy groups -OCH3 is 1. The average molecular weight is 550 g/mol. The van der Waals surface area contributed by atoms with Crippen LogP contribution in [0.15, 0.2) is 24.3 Å². The number of esters is 1. The van der Waals surface area contributed by atoms with Gasteiger partial charge in [0.25, 0.3) is 5.91 Å². The van der Waals surface area contributed by atoms with E-state index in [1.54, 1.807) is 17.0 Å². The number of likely N-dealkylation sites (tertiary alicyclic amines) is 1. The van der Waals surface area contributed by atoms with E-state index in [9.17, 15) is 14.4 Å². The molecular formula is C27H30Cl2N2O4S. The predicted molar refractivity (Wildman–Crippen MR) is 145 cm³/mol. The molecule has 1 aliphatic rings. The van der Waals surface area contributed by atoms with Crippen molar-refractivity contribution in [2.75, 3.05) is 25.1 Å². The van der Waals surface area contributed by atoms with Gasteiger partial charge in [-0.1, -0.05) is 35.0 Å². The molecule has 1 aromatic heterocycles. The van der Waals surface area contributed by atoms with Gasteiger partial charge in [0.1, 0.15) is 10.9 Å². The molecule has 3 rings (SSSR count). The molecule has 0 unspecified atom stereocenters. The van der Waals surface area contributed by atoms with Crippen LogP contribution in [0.3, 0.4) is 0 Å². The van der Waals surface area contributed by atoms with Crippen LogP contribution in [0, 0.1) is 17.3 Å². The smallest absolute Gasteiger partial charge is 0.350 e. The lowest BCUT2D eigenvalue weighted by atomic mass is 9.98. The van der Waals surface area contributed by atoms with Gasteiger partial charge < -0.3 is 9.64 Å². The minimum atomic E-state index is -0.812. The molecule has 1 atom stereocenters. The van der Waals surface area contributed by atoms with Crippen LogP contribution in [0.4, 0.5) is 5.69 Å². The highest BCUT2D eigenvalue weighted by Gasteiger charge is 2.38. The Labute approximate surface area is 226 Å². The van der Waals surface area contributed by atoms with Crippen molar-refractivity contribution in [1.29, 1.82) is 0 Å². The first-order chi connectivity index (χ1) is 17.0. The second-order valence-electron chi connectivity index (χ2n) is 9.55. The van der Waals surface area contributed by atoms with Crippen molar-refractivity contribution in [2.45, 2.75) is 53.0 Å². The molecule has 1 aliphatic heterocycles. The SMILES string of the molecule is CCN1CCCC[C@H](N(C(=O)c2ccc(Cl)cc2Cl)c2cc(C#CC(C)(C)C)sc2C(=O)OC)C1=O. The lowest BCUT2D eigenvalue weighted by molar-refractivity contribution is -0.131. The molecule has 0 radical (unpaired) electrons. The second-order valence-corrected chi connectivity index (χ2v) is 11.4. The summed E-state index contributed by atoms with van der Waals surface area (Å²) in [5.74, 6) is 5.00. The first-order valence-corrected chi connectivity index (χ1v) is 13.4. The van der Waals surface area contributed by atoms with Gasteiger partial charge in [-0.2, -0.15) is 0 Å². The molecule has 2 amide bonds. The van der Waals surface area contributed by atoms with Crippen molar-refractivity contribution in [3.05, 3.63) is 49.6 Å². The Balaban J connectivity index is 2.24. The number of amides is 2. The molecule has 2 heterocycles. The van der Waals surface area contributed by atoms with Gasteiger partial charge >= 0.3 is 5.97 Å². The number of carbonyl (C=O) groups excluding carboxylic acids is 3. The maximum Gasteiger partial charge on any atom is 0.350 e. The number of thiophene rings is 1. The Morgan fingerprint density at radius 3 is 2.56 bits per heavy atom. The van der Waals surface area contributed by atoms with E-state index < -0.39 is 17.9 Å². The number of benzene rings is 1. The van der Waals surface area contributed by atoms with Crippen LogP contribution >= 0.6 is 34.5 Å². The minimum absolute atomic E-state index is 0.161. The summed E-state index contributed by atoms with van der Waals surface area (Å²) >= 11 is 13.6. The lowest BCUT2D eigenvalue weighted by Gasteiger charge is -2.33. The number of likely N-dealkylation sites (N-methyl/N-ethyl adjacent to an activating group) is 1. The van der Waals surface area contributed by atoms with E-state index in [2.05, 4.69) is 11.8 Å². The number of halogens is 2. The van der Waals surface area contributed by atoms with Gasteiger partial charge in [0.05, 0.1) is 28.3 Å². The van der Waals surface area contributed by atoms with Crippen LogP contribution < -0.4 is 4.90 Å². The molecule has 192 valence electrons. The van der Waals surface area contributed by atoms with Gasteiger partial charge in [-0.3, -0.25) is 14.5 Å². The number of hydrogen-bond donors (Lipinski definition) is 0. The molecule has 1 saturated heterocycles. The first-order valence-electron chi connectivity index (χ1n) is 11.8. The fraction of sp³-hybridized carbons (Fsp3) is 0.444. The molecule has 1 fully saturated rings. The van der Waals surface area contributed by atoms with E-state index in [4.69, 9.17) is 27.9 Å². The van der Waals surface area contributed by atoms with Crippen molar-refractivity contribution >= 4 is 58.0 Å². The highest BCUT2D eigenvalue weighted by molar-refractivity contribution is 7.15. The summed E-state index contributed by atoms with van der Waals surface area (Å²) < 4.78 is 5.04. The fourth-order valence-electron chi connectivity index (χ4n) is 3.96. The highest BCUT2D eigenvalue weighted by atomic mass is 35.5. The number of anilines is 1. The molecule has 2 aromatic rings. The molecule has 0 bridgehead atoms. The summed E-state index contributed by atoms with van der Waals surface area (Å²) in [6.45, 7) is 9.00.